The van der Waals surface area contributed by atoms with E-state index in [0.717, 1.165) is 27.9 Å². The fraction of sp³-hybridized carbons (Fsp3) is 0.476. The van der Waals surface area contributed by atoms with E-state index in [0.29, 0.717) is 5.76 Å². The largest absolute Gasteiger partial charge is 0.361 e. The summed E-state index contributed by atoms with van der Waals surface area (Å²) in [4.78, 5) is 26.1. The van der Waals surface area contributed by atoms with E-state index >= 15 is 0 Å². The molecule has 26 heavy (non-hydrogen) atoms. The Kier molecular flexibility index (Phi) is 4.19. The maximum absolute atomic E-state index is 13.1. The van der Waals surface area contributed by atoms with Crippen LogP contribution in [-0.4, -0.2) is 27.9 Å². The van der Waals surface area contributed by atoms with Crippen LogP contribution >= 0.6 is 0 Å². The molecule has 0 radical (unpaired) electrons. The standard InChI is InChI=1S/C21H25NO4/c1-11-8-9-14(16-12(2)22-25-13(16)3)10-15(11)17-18(23)20(4,5)26-21(6,7)19(17)24/h8-10,17H,1-7H3. The molecule has 3 rings (SSSR count). The second-order valence-corrected chi connectivity index (χ2v) is 8.05. The maximum Gasteiger partial charge on any atom is 0.179 e. The second-order valence-electron chi connectivity index (χ2n) is 8.05. The lowest BCUT2D eigenvalue weighted by molar-refractivity contribution is -0.184. The topological polar surface area (TPSA) is 69.4 Å². The summed E-state index contributed by atoms with van der Waals surface area (Å²) in [5.41, 5.74) is 2.16. The van der Waals surface area contributed by atoms with Crippen LogP contribution in [0.2, 0.25) is 0 Å². The summed E-state index contributed by atoms with van der Waals surface area (Å²) in [7, 11) is 0. The smallest absolute Gasteiger partial charge is 0.179 e. The molecule has 0 spiro atoms. The lowest BCUT2D eigenvalue weighted by Crippen LogP contribution is -2.58. The molecule has 5 nitrogen and oxygen atoms in total. The van der Waals surface area contributed by atoms with Gasteiger partial charge in [0.25, 0.3) is 0 Å². The number of ketones is 2. The van der Waals surface area contributed by atoms with Crippen molar-refractivity contribution in [2.24, 2.45) is 0 Å². The summed E-state index contributed by atoms with van der Waals surface area (Å²) in [5.74, 6) is -0.543. The number of hydrogen-bond acceptors (Lipinski definition) is 5. The van der Waals surface area contributed by atoms with Crippen molar-refractivity contribution in [1.29, 1.82) is 0 Å². The van der Waals surface area contributed by atoms with Gasteiger partial charge in [0.1, 0.15) is 22.9 Å². The molecule has 0 unspecified atom stereocenters. The number of carbonyl (C=O) groups is 2. The summed E-state index contributed by atoms with van der Waals surface area (Å²) in [6.45, 7) is 12.6. The van der Waals surface area contributed by atoms with Gasteiger partial charge in [-0.15, -0.1) is 0 Å². The Morgan fingerprint density at radius 2 is 1.54 bits per heavy atom. The minimum absolute atomic E-state index is 0.208. The molecule has 2 heterocycles. The van der Waals surface area contributed by atoms with Crippen LogP contribution in [0.4, 0.5) is 0 Å². The van der Waals surface area contributed by atoms with Gasteiger partial charge < -0.3 is 9.26 Å². The van der Waals surface area contributed by atoms with Crippen molar-refractivity contribution in [2.45, 2.75) is 65.6 Å². The van der Waals surface area contributed by atoms with Crippen LogP contribution < -0.4 is 0 Å². The minimum Gasteiger partial charge on any atom is -0.361 e. The van der Waals surface area contributed by atoms with Gasteiger partial charge in [-0.3, -0.25) is 9.59 Å². The van der Waals surface area contributed by atoms with Crippen LogP contribution in [0.1, 0.15) is 56.2 Å². The molecule has 1 aromatic carbocycles. The van der Waals surface area contributed by atoms with Gasteiger partial charge in [0.05, 0.1) is 5.69 Å². The van der Waals surface area contributed by atoms with Gasteiger partial charge in [0.15, 0.2) is 11.6 Å². The molecule has 1 aromatic heterocycles. The van der Waals surface area contributed by atoms with Crippen molar-refractivity contribution < 1.29 is 18.8 Å². The molecule has 0 atom stereocenters. The first kappa shape index (κ1) is 18.5. The van der Waals surface area contributed by atoms with E-state index in [9.17, 15) is 9.59 Å². The van der Waals surface area contributed by atoms with Crippen LogP contribution in [0.5, 0.6) is 0 Å². The van der Waals surface area contributed by atoms with E-state index < -0.39 is 17.1 Å². The number of ether oxygens (including phenoxy) is 1. The molecule has 1 saturated heterocycles. The average Bonchev–Trinajstić information content (AvgIpc) is 2.86. The van der Waals surface area contributed by atoms with E-state index in [1.54, 1.807) is 27.7 Å². The molecule has 0 N–H and O–H groups in total. The van der Waals surface area contributed by atoms with Gasteiger partial charge in [0.2, 0.25) is 0 Å². The number of aryl methyl sites for hydroxylation is 3. The van der Waals surface area contributed by atoms with Crippen molar-refractivity contribution in [3.63, 3.8) is 0 Å². The predicted molar refractivity (Wildman–Crippen MR) is 98.1 cm³/mol. The number of aromatic nitrogens is 1. The highest BCUT2D eigenvalue weighted by Crippen LogP contribution is 2.40. The SMILES string of the molecule is Cc1ccc(-c2c(C)noc2C)cc1C1C(=O)C(C)(C)OC(C)(C)C1=O. The van der Waals surface area contributed by atoms with Gasteiger partial charge >= 0.3 is 0 Å². The van der Waals surface area contributed by atoms with Gasteiger partial charge in [-0.05, 0) is 71.2 Å². The van der Waals surface area contributed by atoms with Gasteiger partial charge in [-0.1, -0.05) is 17.3 Å². The highest BCUT2D eigenvalue weighted by atomic mass is 16.5. The van der Waals surface area contributed by atoms with Gasteiger partial charge in [-0.25, -0.2) is 0 Å². The number of Topliss-reactive ketones (excluding diaryl/α,β-unsaturated/α-hetero) is 2. The van der Waals surface area contributed by atoms with Crippen LogP contribution in [0.3, 0.4) is 0 Å². The quantitative estimate of drug-likeness (QED) is 0.759. The lowest BCUT2D eigenvalue weighted by Gasteiger charge is -2.43. The number of nitrogens with zero attached hydrogens (tertiary/aromatic N) is 1. The Labute approximate surface area is 153 Å². The van der Waals surface area contributed by atoms with E-state index in [2.05, 4.69) is 5.16 Å². The summed E-state index contributed by atoms with van der Waals surface area (Å²) in [5, 5.41) is 4.00. The zero-order valence-corrected chi connectivity index (χ0v) is 16.4. The van der Waals surface area contributed by atoms with Crippen molar-refractivity contribution in [3.8, 4) is 11.1 Å². The highest BCUT2D eigenvalue weighted by Gasteiger charge is 2.53. The summed E-state index contributed by atoms with van der Waals surface area (Å²) in [6, 6.07) is 5.82. The highest BCUT2D eigenvalue weighted by molar-refractivity contribution is 6.15. The number of hydrogen-bond donors (Lipinski definition) is 0. The third kappa shape index (κ3) is 2.80. The fourth-order valence-corrected chi connectivity index (χ4v) is 3.84. The number of benzene rings is 1. The molecule has 0 bridgehead atoms. The molecular weight excluding hydrogens is 330 g/mol. The van der Waals surface area contributed by atoms with E-state index in [4.69, 9.17) is 9.26 Å². The maximum atomic E-state index is 13.1. The minimum atomic E-state index is -1.02. The molecule has 2 aromatic rings. The first-order valence-corrected chi connectivity index (χ1v) is 8.78. The van der Waals surface area contributed by atoms with Crippen molar-refractivity contribution in [1.82, 2.24) is 5.16 Å². The van der Waals surface area contributed by atoms with Gasteiger partial charge in [0, 0.05) is 5.56 Å². The monoisotopic (exact) mass is 355 g/mol. The summed E-state index contributed by atoms with van der Waals surface area (Å²) >= 11 is 0. The van der Waals surface area contributed by atoms with Crippen LogP contribution in [-0.2, 0) is 14.3 Å². The Balaban J connectivity index is 2.18. The van der Waals surface area contributed by atoms with E-state index in [1.807, 2.05) is 39.0 Å². The zero-order valence-electron chi connectivity index (χ0n) is 16.4. The Morgan fingerprint density at radius 1 is 0.962 bits per heavy atom. The molecule has 0 amide bonds. The first-order chi connectivity index (χ1) is 12.0. The van der Waals surface area contributed by atoms with Crippen LogP contribution in [0.15, 0.2) is 22.7 Å². The second kappa shape index (κ2) is 5.88. The summed E-state index contributed by atoms with van der Waals surface area (Å²) in [6.07, 6.45) is 0. The average molecular weight is 355 g/mol. The van der Waals surface area contributed by atoms with Crippen molar-refractivity contribution in [2.75, 3.05) is 0 Å². The summed E-state index contributed by atoms with van der Waals surface area (Å²) < 4.78 is 11.1. The molecular formula is C21H25NO4. The third-order valence-corrected chi connectivity index (χ3v) is 5.13. The Morgan fingerprint density at radius 3 is 2.04 bits per heavy atom. The number of carbonyl (C=O) groups excluding carboxylic acids is 2. The van der Waals surface area contributed by atoms with Crippen LogP contribution in [0.25, 0.3) is 11.1 Å². The van der Waals surface area contributed by atoms with Crippen LogP contribution in [0, 0.1) is 20.8 Å². The normalized spacial score (nSPS) is 19.8. The Bertz CT molecular complexity index is 859. The predicted octanol–water partition coefficient (Wildman–Crippen LogP) is 4.08. The van der Waals surface area contributed by atoms with Crippen molar-refractivity contribution >= 4 is 11.6 Å². The zero-order chi connectivity index (χ0) is 19.4. The molecule has 0 aliphatic carbocycles. The van der Waals surface area contributed by atoms with E-state index in [1.165, 1.54) is 0 Å². The fourth-order valence-electron chi connectivity index (χ4n) is 3.84. The molecule has 1 fully saturated rings. The molecule has 1 aliphatic heterocycles. The molecule has 5 heteroatoms. The Hall–Kier alpha value is -2.27. The van der Waals surface area contributed by atoms with Gasteiger partial charge in [-0.2, -0.15) is 0 Å². The molecule has 138 valence electrons. The van der Waals surface area contributed by atoms with E-state index in [-0.39, 0.29) is 11.6 Å². The lowest BCUT2D eigenvalue weighted by atomic mass is 9.73. The third-order valence-electron chi connectivity index (χ3n) is 5.13. The molecule has 1 aliphatic rings. The molecule has 0 saturated carbocycles. The van der Waals surface area contributed by atoms with Crippen molar-refractivity contribution in [3.05, 3.63) is 40.8 Å². The first-order valence-electron chi connectivity index (χ1n) is 8.78. The number of rotatable bonds is 2.